The molecule has 26 nitrogen and oxygen atoms in total. The Labute approximate surface area is 494 Å². The minimum atomic E-state index is -4.56. The number of nitrogen functional groups attached to an aromatic ring is 2. The zero-order chi connectivity index (χ0) is 59.9. The summed E-state index contributed by atoms with van der Waals surface area (Å²) >= 11 is 0.694. The number of benzene rings is 3. The molecule has 12 rings (SSSR count). The number of carbonyl (C=O) groups excluding carboxylic acids is 3. The molecular weight excluding hydrogens is 1180 g/mol. The standard InChI is InChI=1S/C54H58BF2N15O11P2S/c1-2-41(75)69-23-31-10-5-6-11-33(31)47-44(34-12-7-8-13-36(34)69)67-68-72(47)21-9-3-4-14-39(73)61-22-40(74)66-32-17-15-30(16-18-32)26-86-85(77)79-25-38-48(42(56)53(81-38)71-29-65-46-50(59)62-27-63-52(46)71)82-84(55,76)78-24-37-49(83-85)43(57)54(80-37)70-28-64-45-35(58)19-20-60-51(45)70/h5-8,10-13,15-20,27-29,37-38,42-43,48-49,53-54H,2-4,9,14,21-26,55H2,1H3,(H2,58,60)(H,61,73)(H,66,74)(H2,59,62,63)/t37-,38-,42-,43-,48-,49-,53-,54-,84+,85+/m1/s1. The Hall–Kier alpha value is -7.53. The number of carbonyl (C=O) groups is 3. The molecule has 32 heteroatoms. The van der Waals surface area contributed by atoms with Gasteiger partial charge in [0.05, 0.1) is 56.0 Å². The van der Waals surface area contributed by atoms with Gasteiger partial charge in [-0.1, -0.05) is 73.2 Å². The van der Waals surface area contributed by atoms with Gasteiger partial charge in [0, 0.05) is 48.2 Å². The van der Waals surface area contributed by atoms with Crippen molar-refractivity contribution in [2.75, 3.05) is 41.4 Å². The van der Waals surface area contributed by atoms with Crippen molar-refractivity contribution in [1.29, 1.82) is 0 Å². The minimum Gasteiger partial charge on any atom is -0.397 e. The summed E-state index contributed by atoms with van der Waals surface area (Å²) in [4.78, 5) is 61.9. The second-order valence-corrected chi connectivity index (χ2v) is 26.9. The van der Waals surface area contributed by atoms with E-state index >= 15 is 13.3 Å². The molecular formula is C54H58BF2N15O11P2S. The molecule has 4 aliphatic rings. The van der Waals surface area contributed by atoms with Crippen LogP contribution in [0.4, 0.5) is 31.7 Å². The van der Waals surface area contributed by atoms with E-state index in [1.54, 1.807) is 29.2 Å². The van der Waals surface area contributed by atoms with Gasteiger partial charge in [0.1, 0.15) is 47.5 Å². The summed E-state index contributed by atoms with van der Waals surface area (Å²) in [5, 5.41) is 14.6. The lowest BCUT2D eigenvalue weighted by Crippen LogP contribution is -2.37. The van der Waals surface area contributed by atoms with E-state index in [1.807, 2.05) is 60.1 Å². The number of nitrogens with zero attached hydrogens (tertiary/aromatic N) is 11. The van der Waals surface area contributed by atoms with E-state index in [0.717, 1.165) is 35.6 Å². The number of fused-ring (bicyclic) bond motifs is 9. The maximum atomic E-state index is 17.0. The molecule has 8 aromatic rings. The van der Waals surface area contributed by atoms with E-state index < -0.39 is 82.6 Å². The van der Waals surface area contributed by atoms with E-state index in [-0.39, 0.29) is 64.4 Å². The molecule has 0 saturated carbocycles. The zero-order valence-electron chi connectivity index (χ0n) is 46.3. The van der Waals surface area contributed by atoms with Crippen molar-refractivity contribution in [1.82, 2.24) is 54.4 Å². The molecule has 448 valence electrons. The van der Waals surface area contributed by atoms with Crippen molar-refractivity contribution in [3.8, 4) is 22.5 Å². The van der Waals surface area contributed by atoms with E-state index in [9.17, 15) is 18.9 Å². The lowest BCUT2D eigenvalue weighted by atomic mass is 9.95. The average molecular weight is 1240 g/mol. The first-order valence-corrected chi connectivity index (χ1v) is 32.8. The summed E-state index contributed by atoms with van der Waals surface area (Å²) in [6.45, 7) is -3.35. The summed E-state index contributed by atoms with van der Waals surface area (Å²) in [7, 11) is -3.11. The third-order valence-electron chi connectivity index (χ3n) is 15.1. The smallest absolute Gasteiger partial charge is 0.389 e. The number of alkyl halides is 2. The van der Waals surface area contributed by atoms with E-state index in [2.05, 4.69) is 45.9 Å². The normalized spacial score (nSPS) is 25.6. The van der Waals surface area contributed by atoms with Crippen LogP contribution < -0.4 is 27.0 Å². The number of amides is 3. The second kappa shape index (κ2) is 24.7. The number of nitrogens with two attached hydrogens (primary N) is 2. The second-order valence-electron chi connectivity index (χ2n) is 20.9. The fourth-order valence-corrected chi connectivity index (χ4v) is 15.4. The van der Waals surface area contributed by atoms with Crippen LogP contribution in [0.1, 0.15) is 62.6 Å². The maximum Gasteiger partial charge on any atom is 0.389 e. The zero-order valence-corrected chi connectivity index (χ0v) is 48.9. The predicted octanol–water partition coefficient (Wildman–Crippen LogP) is 7.00. The molecule has 86 heavy (non-hydrogen) atoms. The quantitative estimate of drug-likeness (QED) is 0.0456. The molecule has 3 amide bonds. The predicted molar refractivity (Wildman–Crippen MR) is 315 cm³/mol. The van der Waals surface area contributed by atoms with Crippen LogP contribution >= 0.6 is 25.7 Å². The molecule has 0 aliphatic carbocycles. The molecule has 0 spiro atoms. The summed E-state index contributed by atoms with van der Waals surface area (Å²) in [5.74, 6) is -0.777. The van der Waals surface area contributed by atoms with E-state index in [0.29, 0.717) is 67.1 Å². The Kier molecular flexibility index (Phi) is 16.9. The number of halogens is 2. The number of anilines is 4. The highest BCUT2D eigenvalue weighted by Gasteiger charge is 2.55. The molecule has 3 saturated heterocycles. The molecule has 0 bridgehead atoms. The first-order valence-electron chi connectivity index (χ1n) is 27.7. The summed E-state index contributed by atoms with van der Waals surface area (Å²) < 4.78 is 104. The van der Waals surface area contributed by atoms with Gasteiger partial charge in [-0.3, -0.25) is 37.1 Å². The maximum absolute atomic E-state index is 17.0. The van der Waals surface area contributed by atoms with Crippen molar-refractivity contribution >= 4 is 96.1 Å². The molecule has 3 fully saturated rings. The Balaban J connectivity index is 0.673. The number of aryl methyl sites for hydroxylation is 1. The molecule has 9 heterocycles. The van der Waals surface area contributed by atoms with Crippen molar-refractivity contribution in [3.05, 3.63) is 115 Å². The van der Waals surface area contributed by atoms with Gasteiger partial charge in [-0.15, -0.1) is 5.10 Å². The Morgan fingerprint density at radius 2 is 1.47 bits per heavy atom. The average Bonchev–Trinajstić information content (AvgIpc) is 2.46. The number of nitrogens with one attached hydrogen (secondary N) is 2. The fourth-order valence-electron chi connectivity index (χ4n) is 10.8. The van der Waals surface area contributed by atoms with Crippen LogP contribution in [0.2, 0.25) is 0 Å². The molecule has 10 atom stereocenters. The number of hydrogen-bond donors (Lipinski definition) is 4. The number of hydrogen-bond acceptors (Lipinski definition) is 21. The number of ether oxygens (including phenoxy) is 2. The lowest BCUT2D eigenvalue weighted by Gasteiger charge is -2.30. The van der Waals surface area contributed by atoms with Crippen molar-refractivity contribution < 1.29 is 59.9 Å². The molecule has 4 aliphatic heterocycles. The van der Waals surface area contributed by atoms with Gasteiger partial charge in [0.2, 0.25) is 17.7 Å². The highest BCUT2D eigenvalue weighted by atomic mass is 32.7. The number of para-hydroxylation sites is 1. The lowest BCUT2D eigenvalue weighted by molar-refractivity contribution is -0.124. The van der Waals surface area contributed by atoms with Crippen LogP contribution in [0.3, 0.4) is 0 Å². The topological polar surface area (TPSA) is 325 Å². The van der Waals surface area contributed by atoms with E-state index in [1.165, 1.54) is 40.4 Å². The van der Waals surface area contributed by atoms with Crippen LogP contribution in [0.5, 0.6) is 0 Å². The first-order chi connectivity index (χ1) is 41.5. The van der Waals surface area contributed by atoms with Crippen molar-refractivity contribution in [2.45, 2.75) is 107 Å². The van der Waals surface area contributed by atoms with Crippen LogP contribution in [-0.2, 0) is 69.9 Å². The van der Waals surface area contributed by atoms with Gasteiger partial charge in [-0.2, -0.15) is 0 Å². The monoisotopic (exact) mass is 1240 g/mol. The minimum absolute atomic E-state index is 0.00886. The van der Waals surface area contributed by atoms with Gasteiger partial charge < -0.3 is 45.5 Å². The summed E-state index contributed by atoms with van der Waals surface area (Å²) in [6, 6.07) is 23.7. The molecule has 0 unspecified atom stereocenters. The first kappa shape index (κ1) is 58.8. The van der Waals surface area contributed by atoms with Gasteiger partial charge in [-0.05, 0) is 59.6 Å². The van der Waals surface area contributed by atoms with Crippen LogP contribution in [0, 0.1) is 0 Å². The van der Waals surface area contributed by atoms with Gasteiger partial charge in [0.25, 0.3) is 15.0 Å². The molecule has 3 aromatic carbocycles. The number of rotatable bonds is 15. The number of pyridine rings is 1. The SMILES string of the molecule is B[P@]1(=O)OC[C@H]2O[C@@H](n3cnc4c(N)ccnc43)[C@H](F)[C@@H]2O[P@@](=O)(SCc2ccc(NC(=O)CNC(=O)CCCCCn3nnc4c3-c3ccccc3CN(C(=O)CC)c3ccccc3-4)cc2)OC[C@H]2O[C@@H](n3cnc4c(N)ncnc43)[C@H](F)[C@@H]2O1. The fraction of sp³-hybridized carbons (Fsp3) is 0.370. The summed E-state index contributed by atoms with van der Waals surface area (Å²) in [5.41, 5.74) is 19.2. The van der Waals surface area contributed by atoms with E-state index in [4.69, 9.17) is 39.0 Å². The van der Waals surface area contributed by atoms with Crippen LogP contribution in [0.15, 0.2) is 104 Å². The molecule has 6 N–H and O–H groups in total. The highest BCUT2D eigenvalue weighted by molar-refractivity contribution is 8.54. The summed E-state index contributed by atoms with van der Waals surface area (Å²) in [6.07, 6.45) is -5.60. The van der Waals surface area contributed by atoms with Gasteiger partial charge in [-0.25, -0.2) is 42.9 Å². The third kappa shape index (κ3) is 12.0. The van der Waals surface area contributed by atoms with Crippen molar-refractivity contribution in [3.63, 3.8) is 0 Å². The number of aromatic nitrogens is 10. The van der Waals surface area contributed by atoms with Crippen LogP contribution in [0.25, 0.3) is 44.8 Å². The third-order valence-corrected chi connectivity index (χ3v) is 20.0. The molecule has 5 aromatic heterocycles. The Morgan fingerprint density at radius 3 is 2.22 bits per heavy atom. The largest absolute Gasteiger partial charge is 0.397 e. The molecule has 0 radical (unpaired) electrons. The van der Waals surface area contributed by atoms with Gasteiger partial charge >= 0.3 is 6.80 Å². The Morgan fingerprint density at radius 1 is 0.779 bits per heavy atom. The highest BCUT2D eigenvalue weighted by Crippen LogP contribution is 2.65. The Bertz CT molecular complexity index is 3960. The van der Waals surface area contributed by atoms with Gasteiger partial charge in [0.15, 0.2) is 41.9 Å². The number of imidazole rings is 2. The number of unbranched alkanes of at least 4 members (excludes halogenated alkanes) is 2. The van der Waals surface area contributed by atoms with Crippen molar-refractivity contribution in [2.24, 2.45) is 0 Å². The van der Waals surface area contributed by atoms with Crippen LogP contribution in [-0.4, -0.2) is 131 Å².